The number of furan rings is 3. The van der Waals surface area contributed by atoms with Crippen molar-refractivity contribution in [2.75, 3.05) is 0 Å². The van der Waals surface area contributed by atoms with Gasteiger partial charge in [-0.3, -0.25) is 23.7 Å². The van der Waals surface area contributed by atoms with E-state index in [1.54, 1.807) is 18.6 Å². The normalized spacial score (nSPS) is 11.5. The Hall–Kier alpha value is -14.0. The van der Waals surface area contributed by atoms with Crippen molar-refractivity contribution in [1.29, 1.82) is 0 Å². The number of para-hydroxylation sites is 3. The molecule has 0 amide bonds. The lowest BCUT2D eigenvalue weighted by molar-refractivity contribution is 0.635. The molecule has 102 heavy (non-hydrogen) atoms. The smallest absolute Gasteiger partial charge is 0.144 e. The molecule has 0 fully saturated rings. The molecule has 0 unspecified atom stereocenters. The van der Waals surface area contributed by atoms with E-state index in [1.807, 2.05) is 127 Å². The third-order valence-electron chi connectivity index (χ3n) is 19.0. The van der Waals surface area contributed by atoms with Gasteiger partial charge < -0.3 is 13.3 Å². The summed E-state index contributed by atoms with van der Waals surface area (Å²) < 4.78 is 26.1. The van der Waals surface area contributed by atoms with E-state index in [0.717, 1.165) is 184 Å². The number of rotatable bonds is 9. The first kappa shape index (κ1) is 59.3. The van der Waals surface area contributed by atoms with Crippen LogP contribution in [0.3, 0.4) is 0 Å². The Morgan fingerprint density at radius 3 is 0.931 bits per heavy atom. The largest absolute Gasteiger partial charge is 0.455 e. The van der Waals surface area contributed by atoms with Crippen LogP contribution in [-0.2, 0) is 0 Å². The predicted molar refractivity (Wildman–Crippen MR) is 413 cm³/mol. The molecule has 11 heteroatoms. The quantitative estimate of drug-likeness (QED) is 0.140. The molecule has 480 valence electrons. The molecule has 0 atom stereocenters. The highest BCUT2D eigenvalue weighted by Crippen LogP contribution is 2.44. The molecule has 0 saturated heterocycles. The number of hydrogen-bond donors (Lipinski definition) is 0. The van der Waals surface area contributed by atoms with E-state index in [2.05, 4.69) is 230 Å². The Labute approximate surface area is 584 Å². The van der Waals surface area contributed by atoms with Crippen LogP contribution in [0.5, 0.6) is 0 Å². The number of aromatic nitrogens is 8. The van der Waals surface area contributed by atoms with Gasteiger partial charge in [0.2, 0.25) is 0 Å². The van der Waals surface area contributed by atoms with E-state index >= 15 is 0 Å². The molecule has 0 saturated carbocycles. The average Bonchev–Trinajstić information content (AvgIpc) is 1.59. The molecule has 0 aliphatic carbocycles. The van der Waals surface area contributed by atoms with Crippen LogP contribution in [0.2, 0.25) is 0 Å². The number of nitrogens with zero attached hydrogens (tertiary/aromatic N) is 8. The molecular weight excluding hydrogens is 1250 g/mol. The van der Waals surface area contributed by atoms with E-state index in [-0.39, 0.29) is 0 Å². The van der Waals surface area contributed by atoms with Crippen LogP contribution in [0.4, 0.5) is 0 Å². The van der Waals surface area contributed by atoms with Crippen LogP contribution in [0.15, 0.2) is 365 Å². The lowest BCUT2D eigenvalue weighted by Gasteiger charge is -2.09. The molecule has 10 aromatic carbocycles. The molecule has 0 aliphatic rings. The lowest BCUT2D eigenvalue weighted by Crippen LogP contribution is -1.98. The van der Waals surface area contributed by atoms with Gasteiger partial charge in [0.1, 0.15) is 51.5 Å². The van der Waals surface area contributed by atoms with Crippen molar-refractivity contribution in [2.24, 2.45) is 0 Å². The first-order valence-corrected chi connectivity index (χ1v) is 33.9. The topological polar surface area (TPSA) is 119 Å². The summed E-state index contributed by atoms with van der Waals surface area (Å²) in [5.41, 5.74) is 18.1. The van der Waals surface area contributed by atoms with Crippen LogP contribution in [-0.4, -0.2) is 38.6 Å². The Balaban J connectivity index is 0.000000106. The van der Waals surface area contributed by atoms with Crippen LogP contribution >= 0.6 is 0 Å². The molecule has 21 rings (SSSR count). The van der Waals surface area contributed by atoms with Crippen molar-refractivity contribution in [1.82, 2.24) is 38.6 Å². The summed E-state index contributed by atoms with van der Waals surface area (Å²) in [5, 5.41) is 10.0. The van der Waals surface area contributed by atoms with E-state index in [4.69, 9.17) is 28.2 Å². The summed E-state index contributed by atoms with van der Waals surface area (Å²) >= 11 is 0. The summed E-state index contributed by atoms with van der Waals surface area (Å²) in [6.07, 6.45) is 5.38. The van der Waals surface area contributed by atoms with E-state index < -0.39 is 0 Å². The molecule has 11 nitrogen and oxygen atoms in total. The third-order valence-corrected chi connectivity index (χ3v) is 19.0. The fraction of sp³-hybridized carbons (Fsp3) is 0. The Morgan fingerprint density at radius 2 is 0.549 bits per heavy atom. The first-order chi connectivity index (χ1) is 50.6. The molecule has 0 spiro atoms. The van der Waals surface area contributed by atoms with Crippen molar-refractivity contribution < 1.29 is 13.3 Å². The van der Waals surface area contributed by atoms with Gasteiger partial charge in [0.25, 0.3) is 0 Å². The average molecular weight is 1310 g/mol. The van der Waals surface area contributed by atoms with Crippen molar-refractivity contribution >= 4 is 98.3 Å². The van der Waals surface area contributed by atoms with Gasteiger partial charge in [0, 0.05) is 78.7 Å². The maximum Gasteiger partial charge on any atom is 0.144 e. The fourth-order valence-corrected chi connectivity index (χ4v) is 14.4. The maximum absolute atomic E-state index is 6.48. The summed E-state index contributed by atoms with van der Waals surface area (Å²) in [6.45, 7) is 0. The molecular formula is C91H58N8O3. The first-order valence-electron chi connectivity index (χ1n) is 33.9. The highest BCUT2D eigenvalue weighted by molar-refractivity contribution is 6.22. The zero-order chi connectivity index (χ0) is 67.5. The van der Waals surface area contributed by atoms with Gasteiger partial charge in [-0.2, -0.15) is 0 Å². The van der Waals surface area contributed by atoms with Crippen molar-refractivity contribution in [3.05, 3.63) is 352 Å². The summed E-state index contributed by atoms with van der Waals surface area (Å²) in [5.74, 6) is 5.23. The second-order valence-electron chi connectivity index (χ2n) is 25.1. The number of hydrogen-bond acceptors (Lipinski definition) is 8. The summed E-state index contributed by atoms with van der Waals surface area (Å²) in [6, 6.07) is 114. The molecule has 0 aliphatic heterocycles. The van der Waals surface area contributed by atoms with Crippen LogP contribution in [0, 0.1) is 0 Å². The molecule has 11 aromatic heterocycles. The number of fused-ring (bicyclic) bond motifs is 15. The molecule has 21 aromatic rings. The number of benzene rings is 10. The van der Waals surface area contributed by atoms with Gasteiger partial charge in [0.15, 0.2) is 0 Å². The van der Waals surface area contributed by atoms with Crippen molar-refractivity contribution in [3.8, 4) is 85.3 Å². The zero-order valence-corrected chi connectivity index (χ0v) is 54.8. The monoisotopic (exact) mass is 1310 g/mol. The van der Waals surface area contributed by atoms with E-state index in [0.29, 0.717) is 0 Å². The van der Waals surface area contributed by atoms with Gasteiger partial charge in [-0.15, -0.1) is 0 Å². The lowest BCUT2D eigenvalue weighted by atomic mass is 10.1. The van der Waals surface area contributed by atoms with Gasteiger partial charge in [-0.1, -0.05) is 200 Å². The Bertz CT molecular complexity index is 6030. The van der Waals surface area contributed by atoms with Gasteiger partial charge in [-0.05, 0) is 133 Å². The SMILES string of the molecule is c1ccc(-c2cc3ccc4c(c5ccccc5n4-c4cccc(-c5ccccn5)n4)c3o2)cc1.c1ccc(-c2cc3ccc4c(c5ccccc5n4-c4cccc(-c5ccncc5)n4)c3o2)cc1.c1ccc(-c2cccc(-n3c4ccccc4c4c5oc(-c6ccccc6)cc5ccc43)n2)cc1. The standard InChI is InChI=1S/C31H20N2O.2C30H19N3O/c1-3-10-21(11-4-1)25-15-9-17-29(32-25)33-26-16-8-7-14-24(26)30-27(33)19-18-23-20-28(34-31(23)30)22-12-5-2-6-13-22;1-2-9-20(10-3-1)27-19-21-16-17-26-29(30(21)34-27)22-11-4-5-14-25(22)33(26)28-15-8-13-24(32-28)23-12-6-7-18-31-23;1-2-7-21(8-3-1)27-19-22-13-14-26-29(30(22)34-27)23-9-4-5-11-25(23)33(26)28-12-6-10-24(32-28)20-15-17-31-18-16-20/h1-20H;2*1-19H. The highest BCUT2D eigenvalue weighted by atomic mass is 16.3. The summed E-state index contributed by atoms with van der Waals surface area (Å²) in [7, 11) is 0. The third kappa shape index (κ3) is 10.4. The van der Waals surface area contributed by atoms with Gasteiger partial charge in [-0.25, -0.2) is 15.0 Å². The highest BCUT2D eigenvalue weighted by Gasteiger charge is 2.23. The molecule has 0 N–H and O–H groups in total. The molecule has 0 radical (unpaired) electrons. The van der Waals surface area contributed by atoms with Crippen molar-refractivity contribution in [2.45, 2.75) is 0 Å². The Kier molecular flexibility index (Phi) is 14.6. The predicted octanol–water partition coefficient (Wildman–Crippen LogP) is 23.6. The second kappa shape index (κ2) is 25.1. The number of pyridine rings is 5. The second-order valence-corrected chi connectivity index (χ2v) is 25.1. The van der Waals surface area contributed by atoms with E-state index in [1.165, 1.54) is 0 Å². The molecule has 0 bridgehead atoms. The van der Waals surface area contributed by atoms with E-state index in [9.17, 15) is 0 Å². The van der Waals surface area contributed by atoms with Crippen LogP contribution in [0.1, 0.15) is 0 Å². The van der Waals surface area contributed by atoms with Crippen LogP contribution < -0.4 is 0 Å². The zero-order valence-electron chi connectivity index (χ0n) is 54.8. The Morgan fingerprint density at radius 1 is 0.225 bits per heavy atom. The fourth-order valence-electron chi connectivity index (χ4n) is 14.4. The summed E-state index contributed by atoms with van der Waals surface area (Å²) in [4.78, 5) is 23.7. The molecule has 11 heterocycles. The minimum Gasteiger partial charge on any atom is -0.455 e. The minimum absolute atomic E-state index is 0.842. The minimum atomic E-state index is 0.842. The maximum atomic E-state index is 6.48. The van der Waals surface area contributed by atoms with Gasteiger partial charge in [0.05, 0.1) is 72.0 Å². The van der Waals surface area contributed by atoms with Gasteiger partial charge >= 0.3 is 0 Å². The van der Waals surface area contributed by atoms with Crippen LogP contribution in [0.25, 0.3) is 184 Å². The van der Waals surface area contributed by atoms with Crippen molar-refractivity contribution in [3.63, 3.8) is 0 Å².